The molecule has 1 amide bonds. The van der Waals surface area contributed by atoms with Gasteiger partial charge in [0.2, 0.25) is 5.91 Å². The molecule has 0 radical (unpaired) electrons. The fourth-order valence-corrected chi connectivity index (χ4v) is 5.42. The van der Waals surface area contributed by atoms with Gasteiger partial charge < -0.3 is 5.32 Å². The van der Waals surface area contributed by atoms with Gasteiger partial charge in [0.25, 0.3) is 0 Å². The Morgan fingerprint density at radius 1 is 0.914 bits per heavy atom. The molecule has 1 saturated carbocycles. The van der Waals surface area contributed by atoms with Crippen molar-refractivity contribution in [1.82, 2.24) is 0 Å². The second-order valence-corrected chi connectivity index (χ2v) is 9.99. The summed E-state index contributed by atoms with van der Waals surface area (Å²) in [5.41, 5.74) is 4.72. The smallest absolute Gasteiger partial charge is 0.231 e. The first kappa shape index (κ1) is 22.1. The highest BCUT2D eigenvalue weighted by molar-refractivity contribution is 6.30. The van der Waals surface area contributed by atoms with E-state index in [2.05, 4.69) is 5.32 Å². The van der Waals surface area contributed by atoms with Gasteiger partial charge in [0.15, 0.2) is 5.78 Å². The largest absolute Gasteiger partial charge is 0.357 e. The predicted molar refractivity (Wildman–Crippen MR) is 135 cm³/mol. The van der Waals surface area contributed by atoms with Gasteiger partial charge in [-0.15, -0.1) is 0 Å². The Morgan fingerprint density at radius 2 is 1.60 bits per heavy atom. The van der Waals surface area contributed by atoms with E-state index in [9.17, 15) is 14.0 Å². The highest BCUT2D eigenvalue weighted by Gasteiger charge is 2.44. The number of allylic oxidation sites excluding steroid dienone is 1. The van der Waals surface area contributed by atoms with Gasteiger partial charge in [0.1, 0.15) is 5.82 Å². The van der Waals surface area contributed by atoms with E-state index in [0.717, 1.165) is 41.0 Å². The molecule has 0 bridgehead atoms. The maximum Gasteiger partial charge on any atom is 0.231 e. The van der Waals surface area contributed by atoms with Gasteiger partial charge in [0, 0.05) is 28.6 Å². The molecule has 1 fully saturated rings. The summed E-state index contributed by atoms with van der Waals surface area (Å²) in [4.78, 5) is 29.3. The summed E-state index contributed by atoms with van der Waals surface area (Å²) in [7, 11) is 0. The summed E-state index contributed by atoms with van der Waals surface area (Å²) in [5.74, 6) is -0.399. The number of anilines is 2. The molecule has 4 nitrogen and oxygen atoms in total. The van der Waals surface area contributed by atoms with Crippen molar-refractivity contribution in [3.05, 3.63) is 106 Å². The average Bonchev–Trinajstić information content (AvgIpc) is 3.71. The summed E-state index contributed by atoms with van der Waals surface area (Å²) in [6.45, 7) is 0. The third kappa shape index (κ3) is 4.04. The third-order valence-corrected chi connectivity index (χ3v) is 7.43. The number of rotatable bonds is 3. The summed E-state index contributed by atoms with van der Waals surface area (Å²) in [6.07, 6.45) is 2.65. The van der Waals surface area contributed by atoms with Crippen molar-refractivity contribution in [2.45, 2.75) is 37.6 Å². The van der Waals surface area contributed by atoms with Crippen LogP contribution >= 0.6 is 11.6 Å². The molecular formula is C29H24ClFN2O2. The first-order chi connectivity index (χ1) is 17.0. The molecule has 2 atom stereocenters. The molecule has 1 N–H and O–H groups in total. The SMILES string of the molecule is O=C1CC(c2ccc(Cl)cc2)CC2=C1C(c1ccc(F)cc1)N(C(=O)C1CC1)c1ccccc1N2. The van der Waals surface area contributed by atoms with Crippen molar-refractivity contribution >= 4 is 34.7 Å². The Kier molecular flexibility index (Phi) is 5.45. The number of benzene rings is 3. The molecule has 2 unspecified atom stereocenters. The van der Waals surface area contributed by atoms with Gasteiger partial charge in [-0.1, -0.05) is 48.0 Å². The predicted octanol–water partition coefficient (Wildman–Crippen LogP) is 6.79. The second-order valence-electron chi connectivity index (χ2n) is 9.55. The minimum absolute atomic E-state index is 0.00210. The monoisotopic (exact) mass is 486 g/mol. The summed E-state index contributed by atoms with van der Waals surface area (Å²) < 4.78 is 13.9. The molecular weight excluding hydrogens is 463 g/mol. The van der Waals surface area contributed by atoms with Crippen molar-refractivity contribution in [2.24, 2.45) is 5.92 Å². The van der Waals surface area contributed by atoms with Crippen LogP contribution in [-0.4, -0.2) is 11.7 Å². The number of hydrogen-bond donors (Lipinski definition) is 1. The quantitative estimate of drug-likeness (QED) is 0.443. The number of carbonyl (C=O) groups excluding carboxylic acids is 2. The molecule has 0 saturated heterocycles. The van der Waals surface area contributed by atoms with Crippen LogP contribution in [0.15, 0.2) is 84.1 Å². The molecule has 3 aromatic carbocycles. The maximum absolute atomic E-state index is 13.9. The lowest BCUT2D eigenvalue weighted by Crippen LogP contribution is -2.39. The Morgan fingerprint density at radius 3 is 2.31 bits per heavy atom. The number of carbonyl (C=O) groups is 2. The van der Waals surface area contributed by atoms with Crippen LogP contribution in [0, 0.1) is 11.7 Å². The van der Waals surface area contributed by atoms with E-state index < -0.39 is 6.04 Å². The van der Waals surface area contributed by atoms with Crippen molar-refractivity contribution in [3.8, 4) is 0 Å². The Labute approximate surface area is 208 Å². The Balaban J connectivity index is 1.53. The van der Waals surface area contributed by atoms with Gasteiger partial charge in [-0.25, -0.2) is 4.39 Å². The normalized spacial score (nSPS) is 21.7. The molecule has 0 spiro atoms. The fourth-order valence-electron chi connectivity index (χ4n) is 5.29. The third-order valence-electron chi connectivity index (χ3n) is 7.18. The van der Waals surface area contributed by atoms with Gasteiger partial charge in [0.05, 0.1) is 17.4 Å². The van der Waals surface area contributed by atoms with Gasteiger partial charge in [-0.05, 0) is 72.7 Å². The number of Topliss-reactive ketones (excluding diaryl/α,β-unsaturated/α-hetero) is 1. The fraction of sp³-hybridized carbons (Fsp3) is 0.241. The number of hydrogen-bond acceptors (Lipinski definition) is 3. The van der Waals surface area contributed by atoms with Crippen LogP contribution < -0.4 is 10.2 Å². The van der Waals surface area contributed by atoms with Crippen LogP contribution in [0.2, 0.25) is 5.02 Å². The van der Waals surface area contributed by atoms with Crippen molar-refractivity contribution < 1.29 is 14.0 Å². The molecule has 1 aliphatic heterocycles. The van der Waals surface area contributed by atoms with Crippen LogP contribution in [0.1, 0.15) is 48.8 Å². The van der Waals surface area contributed by atoms with E-state index in [1.807, 2.05) is 48.5 Å². The maximum atomic E-state index is 13.9. The number of amides is 1. The number of fused-ring (bicyclic) bond motifs is 1. The van der Waals surface area contributed by atoms with E-state index in [-0.39, 0.29) is 29.3 Å². The van der Waals surface area contributed by atoms with Crippen LogP contribution in [0.5, 0.6) is 0 Å². The van der Waals surface area contributed by atoms with Crippen molar-refractivity contribution in [2.75, 3.05) is 10.2 Å². The number of halogens is 2. The van der Waals surface area contributed by atoms with Gasteiger partial charge in [-0.2, -0.15) is 0 Å². The molecule has 2 aliphatic carbocycles. The molecule has 0 aromatic heterocycles. The van der Waals surface area contributed by atoms with Crippen molar-refractivity contribution in [1.29, 1.82) is 0 Å². The summed E-state index contributed by atoms with van der Waals surface area (Å²) in [6, 6.07) is 20.8. The first-order valence-corrected chi connectivity index (χ1v) is 12.3. The first-order valence-electron chi connectivity index (χ1n) is 12.0. The summed E-state index contributed by atoms with van der Waals surface area (Å²) >= 11 is 6.09. The zero-order chi connectivity index (χ0) is 24.1. The van der Waals surface area contributed by atoms with E-state index >= 15 is 0 Å². The average molecular weight is 487 g/mol. The molecule has 6 heteroatoms. The molecule has 3 aliphatic rings. The second kappa shape index (κ2) is 8.65. The Bertz CT molecular complexity index is 1350. The molecule has 6 rings (SSSR count). The molecule has 35 heavy (non-hydrogen) atoms. The zero-order valence-electron chi connectivity index (χ0n) is 19.0. The van der Waals surface area contributed by atoms with Gasteiger partial charge >= 0.3 is 0 Å². The molecule has 3 aromatic rings. The van der Waals surface area contributed by atoms with E-state index in [0.29, 0.717) is 23.4 Å². The van der Waals surface area contributed by atoms with Crippen molar-refractivity contribution in [3.63, 3.8) is 0 Å². The zero-order valence-corrected chi connectivity index (χ0v) is 19.8. The number of nitrogens with one attached hydrogen (secondary N) is 1. The van der Waals surface area contributed by atoms with E-state index in [1.54, 1.807) is 17.0 Å². The topological polar surface area (TPSA) is 49.4 Å². The lowest BCUT2D eigenvalue weighted by atomic mass is 9.78. The lowest BCUT2D eigenvalue weighted by Gasteiger charge is -2.35. The van der Waals surface area contributed by atoms with Crippen LogP contribution in [0.4, 0.5) is 15.8 Å². The highest BCUT2D eigenvalue weighted by atomic mass is 35.5. The van der Waals surface area contributed by atoms with E-state index in [4.69, 9.17) is 11.6 Å². The number of ketones is 1. The standard InChI is InChI=1S/C29H24ClFN2O2/c30-21-11-7-17(8-12-21)20-15-24-27(26(34)16-20)28(18-9-13-22(31)14-10-18)33(29(35)19-5-6-19)25-4-2-1-3-23(25)32-24/h1-4,7-14,19-20,28,32H,5-6,15-16H2. The lowest BCUT2D eigenvalue weighted by molar-refractivity contribution is -0.120. The molecule has 1 heterocycles. The van der Waals surface area contributed by atoms with Gasteiger partial charge in [-0.3, -0.25) is 14.5 Å². The molecule has 176 valence electrons. The highest BCUT2D eigenvalue weighted by Crippen LogP contribution is 2.49. The summed E-state index contributed by atoms with van der Waals surface area (Å²) in [5, 5.41) is 4.18. The minimum Gasteiger partial charge on any atom is -0.357 e. The van der Waals surface area contributed by atoms with Crippen LogP contribution in [-0.2, 0) is 9.59 Å². The number of para-hydroxylation sites is 2. The van der Waals surface area contributed by atoms with E-state index in [1.165, 1.54) is 12.1 Å². The Hall–Kier alpha value is -3.44. The number of nitrogens with zero attached hydrogens (tertiary/aromatic N) is 1. The van der Waals surface area contributed by atoms with Crippen LogP contribution in [0.25, 0.3) is 0 Å². The van der Waals surface area contributed by atoms with Crippen LogP contribution in [0.3, 0.4) is 0 Å². The minimum atomic E-state index is -0.617.